The van der Waals surface area contributed by atoms with Crippen LogP contribution in [0.15, 0.2) is 82.7 Å². The molecule has 8 heteroatoms. The molecule has 38 heavy (non-hydrogen) atoms. The van der Waals surface area contributed by atoms with E-state index in [1.165, 1.54) is 19.3 Å². The minimum absolute atomic E-state index is 0.0474. The van der Waals surface area contributed by atoms with Crippen LogP contribution in [-0.4, -0.2) is 33.9 Å². The Bertz CT molecular complexity index is 1450. The number of rotatable bonds is 5. The molecule has 0 aliphatic heterocycles. The lowest BCUT2D eigenvalue weighted by molar-refractivity contribution is -0.134. The number of benzene rings is 2. The van der Waals surface area contributed by atoms with Crippen LogP contribution in [0, 0.1) is 18.8 Å². The van der Waals surface area contributed by atoms with E-state index >= 15 is 0 Å². The van der Waals surface area contributed by atoms with Gasteiger partial charge in [-0.3, -0.25) is 9.59 Å². The number of hydrogen-bond donors (Lipinski definition) is 1. The summed E-state index contributed by atoms with van der Waals surface area (Å²) in [4.78, 5) is 30.7. The van der Waals surface area contributed by atoms with Crippen molar-refractivity contribution in [1.29, 1.82) is 0 Å². The third-order valence-electron chi connectivity index (χ3n) is 7.24. The van der Waals surface area contributed by atoms with Gasteiger partial charge in [-0.05, 0) is 66.7 Å². The highest BCUT2D eigenvalue weighted by atomic mass is 19.1. The van der Waals surface area contributed by atoms with Gasteiger partial charge >= 0.3 is 0 Å². The lowest BCUT2D eigenvalue weighted by Crippen LogP contribution is -2.28. The fourth-order valence-electron chi connectivity index (χ4n) is 5.31. The van der Waals surface area contributed by atoms with E-state index in [0.29, 0.717) is 35.9 Å². The van der Waals surface area contributed by atoms with Gasteiger partial charge in [0.25, 0.3) is 0 Å². The highest BCUT2D eigenvalue weighted by Crippen LogP contribution is 2.46. The molecule has 1 heterocycles. The Morgan fingerprint density at radius 3 is 2.45 bits per heavy atom. The number of allylic oxidation sites excluding steroid dienone is 5. The van der Waals surface area contributed by atoms with Gasteiger partial charge in [-0.25, -0.2) is 4.39 Å². The van der Waals surface area contributed by atoms with Gasteiger partial charge in [-0.1, -0.05) is 35.5 Å². The Morgan fingerprint density at radius 1 is 1.11 bits per heavy atom. The van der Waals surface area contributed by atoms with Crippen molar-refractivity contribution in [2.75, 3.05) is 7.11 Å². The Labute approximate surface area is 219 Å². The zero-order valence-electron chi connectivity index (χ0n) is 21.1. The molecule has 5 rings (SSSR count). The Kier molecular flexibility index (Phi) is 7.05. The number of carbonyl (C=O) groups excluding carboxylic acids is 2. The fraction of sp³-hybridized carbons (Fsp3) is 0.267. The monoisotopic (exact) mass is 514 g/mol. The van der Waals surface area contributed by atoms with Crippen molar-refractivity contribution in [2.45, 2.75) is 32.1 Å². The number of ether oxygens (including phenoxy) is 1. The number of ketones is 2. The van der Waals surface area contributed by atoms with Crippen LogP contribution < -0.4 is 4.74 Å². The largest absolute Gasteiger partial charge is 0.507 e. The molecule has 1 fully saturated rings. The smallest absolute Gasteiger partial charge is 0.228 e. The molecule has 0 saturated heterocycles. The zero-order chi connectivity index (χ0) is 26.8. The van der Waals surface area contributed by atoms with E-state index in [-0.39, 0.29) is 35.4 Å². The third kappa shape index (κ3) is 4.94. The topological polar surface area (TPSA) is 103 Å². The molecule has 2 aliphatic carbocycles. The van der Waals surface area contributed by atoms with Gasteiger partial charge in [-0.15, -0.1) is 0 Å². The second-order valence-electron chi connectivity index (χ2n) is 9.52. The van der Waals surface area contributed by atoms with Crippen molar-refractivity contribution in [3.63, 3.8) is 0 Å². The van der Waals surface area contributed by atoms with Crippen molar-refractivity contribution in [3.05, 3.63) is 95.2 Å². The van der Waals surface area contributed by atoms with Crippen molar-refractivity contribution in [3.8, 4) is 17.1 Å². The normalized spacial score (nSPS) is 23.1. The SMILES string of the molecule is COc1ccc(C(O)=C2C(=O)C(=O)CCC(c3ccc(-c4noc(C)n4)cc3)C2C2C=CC(F)=CC2)cc1. The second kappa shape index (κ2) is 10.6. The van der Waals surface area contributed by atoms with Crippen LogP contribution in [0.4, 0.5) is 4.39 Å². The number of aromatic nitrogens is 2. The van der Waals surface area contributed by atoms with Crippen molar-refractivity contribution < 1.29 is 28.3 Å². The van der Waals surface area contributed by atoms with Gasteiger partial charge < -0.3 is 14.4 Å². The molecular formula is C30H27FN2O5. The minimum Gasteiger partial charge on any atom is -0.507 e. The summed E-state index contributed by atoms with van der Waals surface area (Å²) in [5.74, 6) is -1.48. The number of hydrogen-bond acceptors (Lipinski definition) is 7. The molecule has 3 atom stereocenters. The number of aliphatic hydroxyl groups excluding tert-OH is 1. The Balaban J connectivity index is 1.62. The maximum Gasteiger partial charge on any atom is 0.228 e. The van der Waals surface area contributed by atoms with Crippen molar-refractivity contribution >= 4 is 17.3 Å². The lowest BCUT2D eigenvalue weighted by Gasteiger charge is -2.33. The van der Waals surface area contributed by atoms with Crippen LogP contribution in [0.25, 0.3) is 17.1 Å². The second-order valence-corrected chi connectivity index (χ2v) is 9.52. The summed E-state index contributed by atoms with van der Waals surface area (Å²) in [5, 5.41) is 15.4. The first kappa shape index (κ1) is 25.3. The van der Waals surface area contributed by atoms with Crippen molar-refractivity contribution in [1.82, 2.24) is 10.1 Å². The third-order valence-corrected chi connectivity index (χ3v) is 7.24. The highest BCUT2D eigenvalue weighted by Gasteiger charge is 2.42. The maximum absolute atomic E-state index is 13.9. The summed E-state index contributed by atoms with van der Waals surface area (Å²) in [6, 6.07) is 14.2. The van der Waals surface area contributed by atoms with E-state index in [1.54, 1.807) is 37.3 Å². The number of Topliss-reactive ketones (excluding diaryl/α,β-unsaturated/α-hetero) is 2. The van der Waals surface area contributed by atoms with E-state index < -0.39 is 17.5 Å². The molecule has 2 aromatic carbocycles. The molecule has 1 saturated carbocycles. The van der Waals surface area contributed by atoms with Gasteiger partial charge in [0, 0.05) is 36.0 Å². The molecule has 3 unspecified atom stereocenters. The quantitative estimate of drug-likeness (QED) is 0.190. The maximum atomic E-state index is 13.9. The average Bonchev–Trinajstić information content (AvgIpc) is 3.33. The Hall–Kier alpha value is -4.33. The number of nitrogens with zero attached hydrogens (tertiary/aromatic N) is 2. The summed E-state index contributed by atoms with van der Waals surface area (Å²) in [6.45, 7) is 1.72. The van der Waals surface area contributed by atoms with Crippen LogP contribution in [0.2, 0.25) is 0 Å². The Morgan fingerprint density at radius 2 is 1.84 bits per heavy atom. The van der Waals surface area contributed by atoms with Gasteiger partial charge in [0.05, 0.1) is 7.11 Å². The van der Waals surface area contributed by atoms with E-state index in [2.05, 4.69) is 10.1 Å². The number of halogens is 1. The first-order valence-electron chi connectivity index (χ1n) is 12.4. The summed E-state index contributed by atoms with van der Waals surface area (Å²) in [6.07, 6.45) is 5.38. The molecule has 0 amide bonds. The summed E-state index contributed by atoms with van der Waals surface area (Å²) in [7, 11) is 1.54. The molecule has 194 valence electrons. The summed E-state index contributed by atoms with van der Waals surface area (Å²) < 4.78 is 24.2. The molecular weight excluding hydrogens is 487 g/mol. The van der Waals surface area contributed by atoms with E-state index in [9.17, 15) is 19.1 Å². The number of aliphatic hydroxyl groups is 1. The van der Waals surface area contributed by atoms with Gasteiger partial charge in [0.2, 0.25) is 23.3 Å². The van der Waals surface area contributed by atoms with E-state index in [0.717, 1.165) is 11.1 Å². The molecule has 1 aromatic heterocycles. The van der Waals surface area contributed by atoms with Crippen LogP contribution >= 0.6 is 0 Å². The van der Waals surface area contributed by atoms with E-state index in [1.807, 2.05) is 24.3 Å². The molecule has 7 nitrogen and oxygen atoms in total. The summed E-state index contributed by atoms with van der Waals surface area (Å²) >= 11 is 0. The standard InChI is InChI=1S/C30H27FN2O5/c1-17-32-30(33-38-17)21-5-3-18(4-6-21)24-15-16-25(34)29(36)27(26(24)19-7-11-22(31)12-8-19)28(35)20-9-13-23(37-2)14-10-20/h3-7,9-14,19,24,26,35H,8,15-16H2,1-2H3. The van der Waals surface area contributed by atoms with Crippen molar-refractivity contribution in [2.24, 2.45) is 11.8 Å². The molecule has 0 radical (unpaired) electrons. The molecule has 1 N–H and O–H groups in total. The summed E-state index contributed by atoms with van der Waals surface area (Å²) in [5.41, 5.74) is 2.12. The van der Waals surface area contributed by atoms with Crippen LogP contribution in [-0.2, 0) is 9.59 Å². The van der Waals surface area contributed by atoms with Gasteiger partial charge in [0.15, 0.2) is 0 Å². The molecule has 0 bridgehead atoms. The number of carbonyl (C=O) groups is 2. The molecule has 2 aliphatic rings. The first-order valence-corrected chi connectivity index (χ1v) is 12.4. The number of aryl methyl sites for hydroxylation is 1. The van der Waals surface area contributed by atoms with Crippen LogP contribution in [0.5, 0.6) is 5.75 Å². The van der Waals surface area contributed by atoms with Crippen LogP contribution in [0.1, 0.15) is 42.2 Å². The molecule has 3 aromatic rings. The minimum atomic E-state index is -0.701. The zero-order valence-corrected chi connectivity index (χ0v) is 21.1. The molecule has 0 spiro atoms. The number of methoxy groups -OCH3 is 1. The first-order chi connectivity index (χ1) is 18.4. The van der Waals surface area contributed by atoms with Crippen LogP contribution in [0.3, 0.4) is 0 Å². The average molecular weight is 515 g/mol. The highest BCUT2D eigenvalue weighted by molar-refractivity contribution is 6.45. The van der Waals surface area contributed by atoms with Gasteiger partial charge in [0.1, 0.15) is 17.3 Å². The fourth-order valence-corrected chi connectivity index (χ4v) is 5.31. The predicted molar refractivity (Wildman–Crippen MR) is 139 cm³/mol. The van der Waals surface area contributed by atoms with E-state index in [4.69, 9.17) is 9.26 Å². The predicted octanol–water partition coefficient (Wildman–Crippen LogP) is 6.08. The van der Waals surface area contributed by atoms with Gasteiger partial charge in [-0.2, -0.15) is 4.98 Å². The lowest BCUT2D eigenvalue weighted by atomic mass is 9.70.